The van der Waals surface area contributed by atoms with Crippen LogP contribution in [-0.4, -0.2) is 64.2 Å². The van der Waals surface area contributed by atoms with Crippen LogP contribution in [0.2, 0.25) is 0 Å². The Morgan fingerprint density at radius 1 is 0.947 bits per heavy atom. The molecule has 0 radical (unpaired) electrons. The van der Waals surface area contributed by atoms with Crippen molar-refractivity contribution in [2.75, 3.05) is 29.2 Å². The predicted molar refractivity (Wildman–Crippen MR) is 169 cm³/mol. The van der Waals surface area contributed by atoms with Gasteiger partial charge in [0.25, 0.3) is 5.91 Å². The van der Waals surface area contributed by atoms with Crippen LogP contribution in [0.5, 0.6) is 17.2 Å². The number of nitrogens with one attached hydrogen (secondary N) is 1. The highest BCUT2D eigenvalue weighted by molar-refractivity contribution is 14.1. The van der Waals surface area contributed by atoms with E-state index in [1.165, 1.54) is 6.92 Å². The van der Waals surface area contributed by atoms with Crippen molar-refractivity contribution < 1.29 is 23.8 Å². The van der Waals surface area contributed by atoms with E-state index in [9.17, 15) is 9.59 Å². The molecule has 0 aromatic heterocycles. The Morgan fingerprint density at radius 2 is 1.58 bits per heavy atom. The van der Waals surface area contributed by atoms with Gasteiger partial charge in [-0.25, -0.2) is 5.43 Å². The van der Waals surface area contributed by atoms with E-state index in [2.05, 4.69) is 69.6 Å². The maximum atomic E-state index is 13.3. The van der Waals surface area contributed by atoms with Crippen molar-refractivity contribution in [2.24, 2.45) is 5.10 Å². The average molecular weight is 749 g/mol. The van der Waals surface area contributed by atoms with E-state index in [1.54, 1.807) is 19.4 Å². The van der Waals surface area contributed by atoms with Gasteiger partial charge in [-0.3, -0.25) is 9.59 Å². The Kier molecular flexibility index (Phi) is 14.8. The first kappa shape index (κ1) is 32.1. The molecule has 2 unspecified atom stereocenters. The summed E-state index contributed by atoms with van der Waals surface area (Å²) >= 11 is 4.65. The number of rotatable bonds is 16. The molecule has 0 bridgehead atoms. The summed E-state index contributed by atoms with van der Waals surface area (Å²) in [6.45, 7) is 6.73. The van der Waals surface area contributed by atoms with Crippen LogP contribution in [0.1, 0.15) is 56.0 Å². The molecule has 1 N–H and O–H groups in total. The number of hydrogen-bond acceptors (Lipinski definition) is 6. The van der Waals surface area contributed by atoms with Crippen molar-refractivity contribution in [1.29, 1.82) is 0 Å². The van der Waals surface area contributed by atoms with Crippen LogP contribution in [0.25, 0.3) is 0 Å². The summed E-state index contributed by atoms with van der Waals surface area (Å²) in [5, 5.41) is 3.84. The van der Waals surface area contributed by atoms with E-state index in [1.807, 2.05) is 41.3 Å². The normalized spacial score (nSPS) is 12.6. The molecule has 0 aliphatic carbocycles. The number of amides is 2. The fraction of sp³-hybridized carbons (Fsp3) is 0.464. The van der Waals surface area contributed by atoms with Gasteiger partial charge in [0.05, 0.1) is 26.5 Å². The molecule has 8 nitrogen and oxygen atoms in total. The first-order chi connectivity index (χ1) is 18.3. The molecule has 38 heavy (non-hydrogen) atoms. The molecule has 2 aromatic carbocycles. The fourth-order valence-electron chi connectivity index (χ4n) is 3.65. The van der Waals surface area contributed by atoms with E-state index in [0.717, 1.165) is 39.4 Å². The third kappa shape index (κ3) is 10.6. The van der Waals surface area contributed by atoms with Crippen molar-refractivity contribution in [3.05, 3.63) is 53.6 Å². The lowest BCUT2D eigenvalue weighted by atomic mass is 10.1. The minimum atomic E-state index is -0.208. The topological polar surface area (TPSA) is 89.5 Å². The number of nitrogens with zero attached hydrogens (tertiary/aromatic N) is 2. The number of benzene rings is 2. The lowest BCUT2D eigenvalue weighted by molar-refractivity contribution is -0.118. The van der Waals surface area contributed by atoms with Crippen molar-refractivity contribution in [3.63, 3.8) is 0 Å². The molecule has 2 atom stereocenters. The van der Waals surface area contributed by atoms with Gasteiger partial charge in [-0.1, -0.05) is 45.2 Å². The molecule has 0 fully saturated rings. The number of methoxy groups -OCH3 is 1. The third-order valence-electron chi connectivity index (χ3n) is 5.67. The second-order valence-corrected chi connectivity index (χ2v) is 10.6. The van der Waals surface area contributed by atoms with Crippen molar-refractivity contribution in [1.82, 2.24) is 10.3 Å². The Hall–Kier alpha value is -2.09. The summed E-state index contributed by atoms with van der Waals surface area (Å²) in [4.78, 5) is 26.1. The smallest absolute Gasteiger partial charge is 0.254 e. The fourth-order valence-corrected chi connectivity index (χ4v) is 4.50. The van der Waals surface area contributed by atoms with E-state index in [4.69, 9.17) is 14.2 Å². The molecule has 2 rings (SSSR count). The summed E-state index contributed by atoms with van der Waals surface area (Å²) < 4.78 is 19.0. The maximum absolute atomic E-state index is 13.3. The number of hydrazone groups is 1. The van der Waals surface area contributed by atoms with Gasteiger partial charge in [0.2, 0.25) is 5.91 Å². The van der Waals surface area contributed by atoms with E-state index in [0.29, 0.717) is 30.3 Å². The van der Waals surface area contributed by atoms with Gasteiger partial charge in [-0.05, 0) is 81.1 Å². The molecule has 0 spiro atoms. The molecule has 10 heteroatoms. The predicted octanol–water partition coefficient (Wildman–Crippen LogP) is 5.88. The summed E-state index contributed by atoms with van der Waals surface area (Å²) in [5.41, 5.74) is 3.85. The molecule has 0 saturated heterocycles. The van der Waals surface area contributed by atoms with Crippen molar-refractivity contribution in [2.45, 2.75) is 52.1 Å². The van der Waals surface area contributed by atoms with Crippen LogP contribution < -0.4 is 19.6 Å². The van der Waals surface area contributed by atoms with Crippen LogP contribution in [0.3, 0.4) is 0 Å². The van der Waals surface area contributed by atoms with Gasteiger partial charge < -0.3 is 19.1 Å². The average Bonchev–Trinajstić information content (AvgIpc) is 2.92. The molecular weight excluding hydrogens is 712 g/mol. The first-order valence-corrected chi connectivity index (χ1v) is 15.6. The van der Waals surface area contributed by atoms with Crippen LogP contribution >= 0.6 is 45.2 Å². The van der Waals surface area contributed by atoms with E-state index >= 15 is 0 Å². The number of hydrogen-bond donors (Lipinski definition) is 1. The van der Waals surface area contributed by atoms with Crippen molar-refractivity contribution in [3.8, 4) is 17.2 Å². The second kappa shape index (κ2) is 17.5. The van der Waals surface area contributed by atoms with Gasteiger partial charge in [-0.2, -0.15) is 5.10 Å². The maximum Gasteiger partial charge on any atom is 0.254 e. The lowest BCUT2D eigenvalue weighted by Crippen LogP contribution is -2.46. The van der Waals surface area contributed by atoms with Crippen molar-refractivity contribution >= 4 is 63.2 Å². The highest BCUT2D eigenvalue weighted by Gasteiger charge is 2.26. The van der Waals surface area contributed by atoms with Crippen LogP contribution in [-0.2, 0) is 4.79 Å². The molecule has 0 aliphatic heterocycles. The largest absolute Gasteiger partial charge is 0.494 e. The van der Waals surface area contributed by atoms with Gasteiger partial charge in [0, 0.05) is 33.4 Å². The molecule has 2 amide bonds. The summed E-state index contributed by atoms with van der Waals surface area (Å²) in [6, 6.07) is 13.2. The number of halogens is 2. The second-order valence-electron chi connectivity index (χ2n) is 8.84. The Labute approximate surface area is 253 Å². The van der Waals surface area contributed by atoms with Gasteiger partial charge >= 0.3 is 0 Å². The molecule has 208 valence electrons. The number of carbonyl (C=O) groups is 2. The minimum absolute atomic E-state index is 0.0101. The molecule has 0 aliphatic rings. The zero-order valence-corrected chi connectivity index (χ0v) is 26.7. The quantitative estimate of drug-likeness (QED) is 0.0762. The Bertz CT molecular complexity index is 1040. The number of unbranched alkanes of at least 4 members (excludes halogenated alkanes) is 2. The number of carbonyl (C=O) groups excluding carboxylic acids is 2. The van der Waals surface area contributed by atoms with Gasteiger partial charge in [-0.15, -0.1) is 0 Å². The zero-order chi connectivity index (χ0) is 27.9. The standard InChI is InChI=1S/C28H37I2N3O5/c1-20(17-29)33(21(2)18-30)28(35)24-10-13-26(27(16-24)36-4)38-15-7-5-6-14-37-25-11-8-23(9-12-25)19-31-32-22(3)34/h8-13,16,19-21H,5-7,14-15,17-18H2,1-4H3,(H,32,34). The molecule has 2 aromatic rings. The summed E-state index contributed by atoms with van der Waals surface area (Å²) in [5.74, 6) is 1.79. The monoisotopic (exact) mass is 749 g/mol. The highest BCUT2D eigenvalue weighted by Crippen LogP contribution is 2.29. The van der Waals surface area contributed by atoms with Gasteiger partial charge in [0.15, 0.2) is 11.5 Å². The Morgan fingerprint density at radius 3 is 2.16 bits per heavy atom. The van der Waals surface area contributed by atoms with E-state index < -0.39 is 0 Å². The van der Waals surface area contributed by atoms with Crippen LogP contribution in [0.4, 0.5) is 0 Å². The van der Waals surface area contributed by atoms with Crippen LogP contribution in [0.15, 0.2) is 47.6 Å². The molecule has 0 saturated carbocycles. The SMILES string of the molecule is COc1cc(C(=O)N(C(C)CI)C(C)CI)ccc1OCCCCCOc1ccc(C=NNC(C)=O)cc1. The number of alkyl halides is 2. The highest BCUT2D eigenvalue weighted by atomic mass is 127. The first-order valence-electron chi connectivity index (χ1n) is 12.6. The summed E-state index contributed by atoms with van der Waals surface area (Å²) in [6.07, 6.45) is 4.32. The minimum Gasteiger partial charge on any atom is -0.494 e. The summed E-state index contributed by atoms with van der Waals surface area (Å²) in [7, 11) is 1.59. The third-order valence-corrected chi connectivity index (χ3v) is 8.22. The number of ether oxygens (including phenoxy) is 3. The molecule has 0 heterocycles. The lowest BCUT2D eigenvalue weighted by Gasteiger charge is -2.33. The van der Waals surface area contributed by atoms with E-state index in [-0.39, 0.29) is 23.9 Å². The van der Waals surface area contributed by atoms with Crippen LogP contribution in [0, 0.1) is 0 Å². The Balaban J connectivity index is 1.78. The molecular formula is C28H37I2N3O5. The zero-order valence-electron chi connectivity index (χ0n) is 22.4. The van der Waals surface area contributed by atoms with Gasteiger partial charge in [0.1, 0.15) is 5.75 Å².